The van der Waals surface area contributed by atoms with Crippen molar-refractivity contribution in [2.24, 2.45) is 4.99 Å². The molecule has 0 bridgehead atoms. The Morgan fingerprint density at radius 3 is 2.29 bits per heavy atom. The van der Waals surface area contributed by atoms with E-state index in [9.17, 15) is 0 Å². The van der Waals surface area contributed by atoms with Gasteiger partial charge in [-0.15, -0.1) is 0 Å². The van der Waals surface area contributed by atoms with Crippen LogP contribution in [0.4, 0.5) is 5.69 Å². The number of rotatable bonds is 3. The molecule has 1 N–H and O–H groups in total. The Hall–Kier alpha value is -3.07. The number of hydrogen-bond acceptors (Lipinski definition) is 3. The van der Waals surface area contributed by atoms with Crippen LogP contribution in [-0.4, -0.2) is 12.8 Å². The van der Waals surface area contributed by atoms with Crippen LogP contribution in [0, 0.1) is 0 Å². The summed E-state index contributed by atoms with van der Waals surface area (Å²) in [6, 6.07) is 26.7. The lowest BCUT2D eigenvalue weighted by Gasteiger charge is -2.26. The number of benzene rings is 3. The maximum absolute atomic E-state index is 5.25. The molecule has 0 amide bonds. The number of anilines is 1. The minimum absolute atomic E-state index is 0.110. The molecule has 24 heavy (non-hydrogen) atoms. The van der Waals surface area contributed by atoms with E-state index < -0.39 is 0 Å². The highest BCUT2D eigenvalue weighted by Crippen LogP contribution is 2.32. The average molecular weight is 314 g/mol. The topological polar surface area (TPSA) is 33.6 Å². The van der Waals surface area contributed by atoms with Gasteiger partial charge in [0.2, 0.25) is 0 Å². The minimum Gasteiger partial charge on any atom is -0.497 e. The van der Waals surface area contributed by atoms with Gasteiger partial charge >= 0.3 is 0 Å². The third-order valence-corrected chi connectivity index (χ3v) is 4.21. The molecule has 1 unspecified atom stereocenters. The molecule has 0 saturated carbocycles. The van der Waals surface area contributed by atoms with E-state index in [-0.39, 0.29) is 6.17 Å². The second-order valence-electron chi connectivity index (χ2n) is 5.71. The van der Waals surface area contributed by atoms with E-state index in [0.29, 0.717) is 0 Å². The molecule has 0 aromatic heterocycles. The van der Waals surface area contributed by atoms with Gasteiger partial charge in [0.25, 0.3) is 0 Å². The fourth-order valence-corrected chi connectivity index (χ4v) is 2.96. The summed E-state index contributed by atoms with van der Waals surface area (Å²) < 4.78 is 5.25. The first-order valence-corrected chi connectivity index (χ1v) is 7.98. The van der Waals surface area contributed by atoms with Crippen molar-refractivity contribution in [3.63, 3.8) is 0 Å². The Balaban J connectivity index is 1.80. The fraction of sp³-hybridized carbons (Fsp3) is 0.0952. The summed E-state index contributed by atoms with van der Waals surface area (Å²) in [7, 11) is 1.68. The number of methoxy groups -OCH3 is 1. The third-order valence-electron chi connectivity index (χ3n) is 4.21. The number of nitrogens with one attached hydrogen (secondary N) is 1. The first-order chi connectivity index (χ1) is 11.8. The van der Waals surface area contributed by atoms with E-state index in [0.717, 1.165) is 33.8 Å². The van der Waals surface area contributed by atoms with Crippen molar-refractivity contribution < 1.29 is 4.74 Å². The molecule has 0 fully saturated rings. The van der Waals surface area contributed by atoms with Crippen molar-refractivity contribution in [2.75, 3.05) is 12.4 Å². The van der Waals surface area contributed by atoms with Crippen LogP contribution in [-0.2, 0) is 0 Å². The number of fused-ring (bicyclic) bond motifs is 1. The van der Waals surface area contributed by atoms with Gasteiger partial charge in [0.1, 0.15) is 11.9 Å². The highest BCUT2D eigenvalue weighted by atomic mass is 16.5. The molecule has 3 heteroatoms. The standard InChI is InChI=1S/C21H18N2O/c1-24-17-13-11-16(12-14-17)21-22-19-10-6-5-9-18(19)20(23-21)15-7-3-2-4-8-15/h2-14,21-22H,1H3. The third kappa shape index (κ3) is 2.65. The van der Waals surface area contributed by atoms with Gasteiger partial charge in [-0.05, 0) is 23.8 Å². The molecule has 3 nitrogen and oxygen atoms in total. The zero-order valence-corrected chi connectivity index (χ0v) is 13.4. The van der Waals surface area contributed by atoms with E-state index in [1.165, 1.54) is 0 Å². The maximum Gasteiger partial charge on any atom is 0.145 e. The fourth-order valence-electron chi connectivity index (χ4n) is 2.96. The van der Waals surface area contributed by atoms with E-state index >= 15 is 0 Å². The van der Waals surface area contributed by atoms with Crippen molar-refractivity contribution in [1.29, 1.82) is 0 Å². The summed E-state index contributed by atoms with van der Waals surface area (Å²) in [6.07, 6.45) is -0.110. The molecule has 1 aliphatic rings. The summed E-state index contributed by atoms with van der Waals surface area (Å²) in [5.74, 6) is 0.849. The summed E-state index contributed by atoms with van der Waals surface area (Å²) in [5.41, 5.74) is 5.50. The van der Waals surface area contributed by atoms with Gasteiger partial charge < -0.3 is 10.1 Å². The molecular weight excluding hydrogens is 296 g/mol. The summed E-state index contributed by atoms with van der Waals surface area (Å²) in [6.45, 7) is 0. The van der Waals surface area contributed by atoms with Gasteiger partial charge in [0, 0.05) is 16.8 Å². The number of aliphatic imine (C=N–C) groups is 1. The van der Waals surface area contributed by atoms with Crippen molar-refractivity contribution >= 4 is 11.4 Å². The van der Waals surface area contributed by atoms with Crippen LogP contribution >= 0.6 is 0 Å². The molecule has 3 aromatic carbocycles. The predicted molar refractivity (Wildman–Crippen MR) is 97.9 cm³/mol. The van der Waals surface area contributed by atoms with Crippen LogP contribution in [0.2, 0.25) is 0 Å². The van der Waals surface area contributed by atoms with Crippen LogP contribution in [0.3, 0.4) is 0 Å². The lowest BCUT2D eigenvalue weighted by molar-refractivity contribution is 0.414. The Labute approximate surface area is 141 Å². The molecular formula is C21H18N2O. The zero-order chi connectivity index (χ0) is 16.4. The van der Waals surface area contributed by atoms with E-state index in [4.69, 9.17) is 9.73 Å². The van der Waals surface area contributed by atoms with Crippen LogP contribution in [0.15, 0.2) is 83.9 Å². The van der Waals surface area contributed by atoms with E-state index in [1.807, 2.05) is 42.5 Å². The van der Waals surface area contributed by atoms with Crippen molar-refractivity contribution in [3.05, 3.63) is 95.6 Å². The summed E-state index contributed by atoms with van der Waals surface area (Å²) in [4.78, 5) is 4.98. The van der Waals surface area contributed by atoms with E-state index in [2.05, 4.69) is 41.7 Å². The van der Waals surface area contributed by atoms with Crippen molar-refractivity contribution in [1.82, 2.24) is 0 Å². The molecule has 0 aliphatic carbocycles. The monoisotopic (exact) mass is 314 g/mol. The van der Waals surface area contributed by atoms with Gasteiger partial charge in [0.15, 0.2) is 0 Å². The normalized spacial score (nSPS) is 15.9. The number of hydrogen-bond donors (Lipinski definition) is 1. The molecule has 1 heterocycles. The number of para-hydroxylation sites is 1. The first-order valence-electron chi connectivity index (χ1n) is 7.98. The molecule has 118 valence electrons. The Morgan fingerprint density at radius 1 is 0.833 bits per heavy atom. The quantitative estimate of drug-likeness (QED) is 0.763. The minimum atomic E-state index is -0.110. The van der Waals surface area contributed by atoms with Crippen LogP contribution in [0.1, 0.15) is 22.9 Å². The number of ether oxygens (including phenoxy) is 1. The summed E-state index contributed by atoms with van der Waals surface area (Å²) in [5, 5.41) is 3.52. The Morgan fingerprint density at radius 2 is 1.54 bits per heavy atom. The maximum atomic E-state index is 5.25. The molecule has 3 aromatic rings. The molecule has 0 radical (unpaired) electrons. The molecule has 0 saturated heterocycles. The Bertz CT molecular complexity index is 870. The predicted octanol–water partition coefficient (Wildman–Crippen LogP) is 4.66. The molecule has 4 rings (SSSR count). The van der Waals surface area contributed by atoms with Crippen LogP contribution in [0.5, 0.6) is 5.75 Å². The molecule has 1 aliphatic heterocycles. The average Bonchev–Trinajstić information content (AvgIpc) is 2.68. The lowest BCUT2D eigenvalue weighted by atomic mass is 9.97. The second-order valence-corrected chi connectivity index (χ2v) is 5.71. The van der Waals surface area contributed by atoms with Crippen LogP contribution in [0.25, 0.3) is 0 Å². The SMILES string of the molecule is COc1ccc(C2N=C(c3ccccc3)c3ccccc3N2)cc1. The highest BCUT2D eigenvalue weighted by molar-refractivity contribution is 6.16. The van der Waals surface area contributed by atoms with Gasteiger partial charge in [-0.3, -0.25) is 4.99 Å². The van der Waals surface area contributed by atoms with Gasteiger partial charge in [-0.2, -0.15) is 0 Å². The van der Waals surface area contributed by atoms with Crippen molar-refractivity contribution in [3.8, 4) is 5.75 Å². The second kappa shape index (κ2) is 6.20. The molecule has 0 spiro atoms. The van der Waals surface area contributed by atoms with Gasteiger partial charge in [0.05, 0.1) is 12.8 Å². The van der Waals surface area contributed by atoms with Crippen LogP contribution < -0.4 is 10.1 Å². The number of nitrogens with zero attached hydrogens (tertiary/aromatic N) is 1. The smallest absolute Gasteiger partial charge is 0.145 e. The molecule has 1 atom stereocenters. The van der Waals surface area contributed by atoms with Gasteiger partial charge in [-0.1, -0.05) is 60.7 Å². The highest BCUT2D eigenvalue weighted by Gasteiger charge is 2.22. The summed E-state index contributed by atoms with van der Waals surface area (Å²) >= 11 is 0. The Kier molecular flexibility index (Phi) is 3.75. The first kappa shape index (κ1) is 14.5. The largest absolute Gasteiger partial charge is 0.497 e. The zero-order valence-electron chi connectivity index (χ0n) is 13.4. The lowest BCUT2D eigenvalue weighted by Crippen LogP contribution is -2.20. The van der Waals surface area contributed by atoms with E-state index in [1.54, 1.807) is 7.11 Å². The van der Waals surface area contributed by atoms with Gasteiger partial charge in [-0.25, -0.2) is 0 Å². The van der Waals surface area contributed by atoms with Crippen molar-refractivity contribution in [2.45, 2.75) is 6.17 Å².